The number of rotatable bonds is 3. The summed E-state index contributed by atoms with van der Waals surface area (Å²) in [6.45, 7) is 0. The first-order valence-electron chi connectivity index (χ1n) is 5.49. The summed E-state index contributed by atoms with van der Waals surface area (Å²) < 4.78 is 12.6. The second-order valence-corrected chi connectivity index (χ2v) is 3.79. The van der Waals surface area contributed by atoms with E-state index in [1.165, 1.54) is 18.6 Å². The zero-order valence-corrected chi connectivity index (χ0v) is 9.03. The molecule has 0 aliphatic heterocycles. The van der Waals surface area contributed by atoms with Crippen LogP contribution in [0.2, 0.25) is 0 Å². The minimum Gasteiger partial charge on any atom is -0.362 e. The molecule has 1 aromatic carbocycles. The van der Waals surface area contributed by atoms with Gasteiger partial charge in [0.2, 0.25) is 0 Å². The second-order valence-electron chi connectivity index (χ2n) is 3.79. The van der Waals surface area contributed by atoms with Crippen molar-refractivity contribution in [2.24, 2.45) is 5.16 Å². The Kier molecular flexibility index (Phi) is 3.70. The molecule has 0 N–H and O–H groups in total. The smallest absolute Gasteiger partial charge is 0.131 e. The lowest BCUT2D eigenvalue weighted by Gasteiger charge is -2.08. The Balaban J connectivity index is 1.89. The molecule has 0 fully saturated rings. The predicted molar refractivity (Wildman–Crippen MR) is 61.6 cm³/mol. The molecule has 3 heteroatoms. The van der Waals surface area contributed by atoms with Crippen LogP contribution >= 0.6 is 0 Å². The molecule has 2 nitrogen and oxygen atoms in total. The Morgan fingerprint density at radius 3 is 2.69 bits per heavy atom. The largest absolute Gasteiger partial charge is 0.362 e. The molecule has 1 aromatic rings. The van der Waals surface area contributed by atoms with E-state index >= 15 is 0 Å². The van der Waals surface area contributed by atoms with Crippen molar-refractivity contribution in [3.63, 3.8) is 0 Å². The molecular formula is C13H14FNO. The highest BCUT2D eigenvalue weighted by Gasteiger charge is 2.03. The van der Waals surface area contributed by atoms with E-state index in [9.17, 15) is 4.39 Å². The summed E-state index contributed by atoms with van der Waals surface area (Å²) in [6.07, 6.45) is 8.09. The number of hydrogen-bond acceptors (Lipinski definition) is 2. The number of nitrogens with zero attached hydrogens (tertiary/aromatic N) is 1. The van der Waals surface area contributed by atoms with Gasteiger partial charge < -0.3 is 4.84 Å². The molecular weight excluding hydrogens is 205 g/mol. The maximum Gasteiger partial charge on any atom is 0.131 e. The fourth-order valence-corrected chi connectivity index (χ4v) is 1.60. The molecule has 16 heavy (non-hydrogen) atoms. The average molecular weight is 219 g/mol. The lowest BCUT2D eigenvalue weighted by Crippen LogP contribution is -1.93. The van der Waals surface area contributed by atoms with Gasteiger partial charge in [0.05, 0.1) is 6.21 Å². The van der Waals surface area contributed by atoms with Crippen LogP contribution in [0, 0.1) is 5.82 Å². The maximum atomic E-state index is 12.6. The van der Waals surface area contributed by atoms with Gasteiger partial charge in [-0.1, -0.05) is 17.3 Å². The minimum atomic E-state index is -0.243. The maximum absolute atomic E-state index is 12.6. The van der Waals surface area contributed by atoms with E-state index < -0.39 is 0 Å². The molecule has 0 aromatic heterocycles. The van der Waals surface area contributed by atoms with Crippen LogP contribution in [0.3, 0.4) is 0 Å². The first-order chi connectivity index (χ1) is 7.84. The fourth-order valence-electron chi connectivity index (χ4n) is 1.60. The summed E-state index contributed by atoms with van der Waals surface area (Å²) in [5.74, 6) is 0.692. The van der Waals surface area contributed by atoms with Crippen LogP contribution in [-0.4, -0.2) is 6.21 Å². The fraction of sp³-hybridized carbons (Fsp3) is 0.308. The van der Waals surface area contributed by atoms with Crippen molar-refractivity contribution in [2.45, 2.75) is 25.7 Å². The second kappa shape index (κ2) is 5.45. The van der Waals surface area contributed by atoms with Gasteiger partial charge in [-0.25, -0.2) is 4.39 Å². The SMILES string of the molecule is Fc1ccc(C=NOC2=CCCCC2)cc1. The number of allylic oxidation sites excluding steroid dienone is 2. The van der Waals surface area contributed by atoms with Crippen molar-refractivity contribution in [2.75, 3.05) is 0 Å². The molecule has 0 saturated heterocycles. The zero-order valence-electron chi connectivity index (χ0n) is 9.03. The van der Waals surface area contributed by atoms with Gasteiger partial charge in [0.1, 0.15) is 11.6 Å². The Labute approximate surface area is 94.4 Å². The van der Waals surface area contributed by atoms with Crippen LogP contribution in [0.25, 0.3) is 0 Å². The van der Waals surface area contributed by atoms with Crippen LogP contribution in [0.4, 0.5) is 4.39 Å². The summed E-state index contributed by atoms with van der Waals surface area (Å²) in [7, 11) is 0. The number of halogens is 1. The molecule has 1 aliphatic carbocycles. The van der Waals surface area contributed by atoms with E-state index in [-0.39, 0.29) is 5.82 Å². The Bertz CT molecular complexity index is 395. The van der Waals surface area contributed by atoms with Crippen molar-refractivity contribution in [3.8, 4) is 0 Å². The van der Waals surface area contributed by atoms with Crippen molar-refractivity contribution in [1.82, 2.24) is 0 Å². The first-order valence-corrected chi connectivity index (χ1v) is 5.49. The van der Waals surface area contributed by atoms with Gasteiger partial charge in [0.25, 0.3) is 0 Å². The molecule has 0 heterocycles. The summed E-state index contributed by atoms with van der Waals surface area (Å²) in [4.78, 5) is 5.25. The summed E-state index contributed by atoms with van der Waals surface area (Å²) >= 11 is 0. The van der Waals surface area contributed by atoms with Crippen LogP contribution in [0.5, 0.6) is 0 Å². The van der Waals surface area contributed by atoms with E-state index in [1.807, 2.05) is 0 Å². The average Bonchev–Trinajstić information content (AvgIpc) is 2.33. The Morgan fingerprint density at radius 2 is 2.00 bits per heavy atom. The molecule has 0 unspecified atom stereocenters. The third-order valence-corrected chi connectivity index (χ3v) is 2.49. The molecule has 0 radical (unpaired) electrons. The van der Waals surface area contributed by atoms with Crippen molar-refractivity contribution >= 4 is 6.21 Å². The lowest BCUT2D eigenvalue weighted by molar-refractivity contribution is 0.210. The topological polar surface area (TPSA) is 21.6 Å². The molecule has 0 spiro atoms. The van der Waals surface area contributed by atoms with Crippen molar-refractivity contribution < 1.29 is 9.23 Å². The van der Waals surface area contributed by atoms with Crippen LogP contribution < -0.4 is 0 Å². The van der Waals surface area contributed by atoms with Gasteiger partial charge >= 0.3 is 0 Å². The number of oxime groups is 1. The zero-order chi connectivity index (χ0) is 11.2. The van der Waals surface area contributed by atoms with Crippen LogP contribution in [0.1, 0.15) is 31.2 Å². The van der Waals surface area contributed by atoms with Crippen LogP contribution in [0.15, 0.2) is 41.3 Å². The van der Waals surface area contributed by atoms with Crippen molar-refractivity contribution in [1.29, 1.82) is 0 Å². The summed E-state index contributed by atoms with van der Waals surface area (Å²) in [5.41, 5.74) is 0.831. The van der Waals surface area contributed by atoms with E-state index in [0.29, 0.717) is 0 Å². The van der Waals surface area contributed by atoms with Crippen molar-refractivity contribution in [3.05, 3.63) is 47.5 Å². The molecule has 0 bridgehead atoms. The van der Waals surface area contributed by atoms with E-state index in [1.54, 1.807) is 18.3 Å². The molecule has 0 amide bonds. The molecule has 0 atom stereocenters. The highest BCUT2D eigenvalue weighted by molar-refractivity contribution is 5.78. The van der Waals surface area contributed by atoms with Gasteiger partial charge in [-0.2, -0.15) is 0 Å². The standard InChI is InChI=1S/C13H14FNO/c14-12-8-6-11(7-9-12)10-15-16-13-4-2-1-3-5-13/h4,6-10H,1-3,5H2. The molecule has 84 valence electrons. The first kappa shape index (κ1) is 10.9. The van der Waals surface area contributed by atoms with Gasteiger partial charge in [-0.15, -0.1) is 0 Å². The van der Waals surface area contributed by atoms with E-state index in [2.05, 4.69) is 11.2 Å². The van der Waals surface area contributed by atoms with Gasteiger partial charge in [-0.3, -0.25) is 0 Å². The predicted octanol–water partition coefficient (Wildman–Crippen LogP) is 3.63. The highest BCUT2D eigenvalue weighted by atomic mass is 19.1. The monoisotopic (exact) mass is 219 g/mol. The van der Waals surface area contributed by atoms with Crippen LogP contribution in [-0.2, 0) is 4.84 Å². The summed E-state index contributed by atoms with van der Waals surface area (Å²) in [5, 5.41) is 3.88. The van der Waals surface area contributed by atoms with Gasteiger partial charge in [0, 0.05) is 6.42 Å². The normalized spacial score (nSPS) is 16.2. The molecule has 2 rings (SSSR count). The minimum absolute atomic E-state index is 0.243. The third kappa shape index (κ3) is 3.19. The number of hydrogen-bond donors (Lipinski definition) is 0. The number of benzene rings is 1. The Morgan fingerprint density at radius 1 is 1.19 bits per heavy atom. The van der Waals surface area contributed by atoms with E-state index in [4.69, 9.17) is 4.84 Å². The van der Waals surface area contributed by atoms with Gasteiger partial charge in [0.15, 0.2) is 0 Å². The highest BCUT2D eigenvalue weighted by Crippen LogP contribution is 2.18. The molecule has 1 aliphatic rings. The van der Waals surface area contributed by atoms with E-state index in [0.717, 1.165) is 30.6 Å². The van der Waals surface area contributed by atoms with Gasteiger partial charge in [-0.05, 0) is 43.0 Å². The third-order valence-electron chi connectivity index (χ3n) is 2.49. The molecule has 0 saturated carbocycles. The Hall–Kier alpha value is -1.64. The quantitative estimate of drug-likeness (QED) is 0.562. The summed E-state index contributed by atoms with van der Waals surface area (Å²) in [6, 6.07) is 6.14. The lowest BCUT2D eigenvalue weighted by atomic mass is 10.1.